The first-order chi connectivity index (χ1) is 6.76. The second-order valence-electron chi connectivity index (χ2n) is 2.89. The van der Waals surface area contributed by atoms with Crippen LogP contribution in [0.2, 0.25) is 0 Å². The van der Waals surface area contributed by atoms with Crippen LogP contribution in [0.15, 0.2) is 18.2 Å². The number of hydrogen-bond acceptors (Lipinski definition) is 4. The maximum Gasteiger partial charge on any atom is 0.121 e. The van der Waals surface area contributed by atoms with E-state index in [0.29, 0.717) is 5.69 Å². The molecule has 1 aromatic carbocycles. The first kappa shape index (κ1) is 11.2. The summed E-state index contributed by atoms with van der Waals surface area (Å²) in [7, 11) is 1.62. The molecule has 4 heteroatoms. The van der Waals surface area contributed by atoms with Gasteiger partial charge in [-0.25, -0.2) is 0 Å². The van der Waals surface area contributed by atoms with Gasteiger partial charge in [-0.05, 0) is 17.7 Å². The number of methoxy groups -OCH3 is 1. The molecule has 0 unspecified atom stereocenters. The predicted octanol–water partition coefficient (Wildman–Crippen LogP) is 1.50. The number of aliphatic hydroxyl groups excluding tert-OH is 1. The van der Waals surface area contributed by atoms with Gasteiger partial charge in [0.15, 0.2) is 0 Å². The van der Waals surface area contributed by atoms with Gasteiger partial charge in [0.25, 0.3) is 0 Å². The Balaban J connectivity index is 2.62. The van der Waals surface area contributed by atoms with E-state index in [9.17, 15) is 0 Å². The molecule has 0 spiro atoms. The lowest BCUT2D eigenvalue weighted by Crippen LogP contribution is -1.93. The van der Waals surface area contributed by atoms with Crippen LogP contribution in [-0.2, 0) is 5.75 Å². The molecule has 0 atom stereocenters. The predicted molar refractivity (Wildman–Crippen MR) is 60.7 cm³/mol. The van der Waals surface area contributed by atoms with E-state index >= 15 is 0 Å². The highest BCUT2D eigenvalue weighted by atomic mass is 32.2. The smallest absolute Gasteiger partial charge is 0.121 e. The minimum atomic E-state index is 0.212. The monoisotopic (exact) mass is 213 g/mol. The van der Waals surface area contributed by atoms with Crippen molar-refractivity contribution in [3.05, 3.63) is 23.8 Å². The van der Waals surface area contributed by atoms with Crippen molar-refractivity contribution in [2.24, 2.45) is 0 Å². The molecule has 0 aliphatic heterocycles. The Labute approximate surface area is 88.3 Å². The molecule has 14 heavy (non-hydrogen) atoms. The van der Waals surface area contributed by atoms with Gasteiger partial charge in [0.05, 0.1) is 13.7 Å². The maximum atomic E-state index is 8.63. The van der Waals surface area contributed by atoms with Crippen LogP contribution in [0.1, 0.15) is 5.56 Å². The number of thioether (sulfide) groups is 1. The molecule has 3 N–H and O–H groups in total. The molecule has 0 fully saturated rings. The molecule has 1 aromatic rings. The van der Waals surface area contributed by atoms with Crippen molar-refractivity contribution in [3.63, 3.8) is 0 Å². The number of aliphatic hydroxyl groups is 1. The Morgan fingerprint density at radius 2 is 2.21 bits per heavy atom. The van der Waals surface area contributed by atoms with Crippen LogP contribution in [0.5, 0.6) is 5.75 Å². The molecule has 0 heterocycles. The van der Waals surface area contributed by atoms with E-state index in [2.05, 4.69) is 0 Å². The van der Waals surface area contributed by atoms with Crippen molar-refractivity contribution in [2.75, 3.05) is 25.2 Å². The fourth-order valence-corrected chi connectivity index (χ4v) is 1.82. The second kappa shape index (κ2) is 5.78. The van der Waals surface area contributed by atoms with Crippen LogP contribution >= 0.6 is 11.8 Å². The number of rotatable bonds is 5. The highest BCUT2D eigenvalue weighted by Crippen LogP contribution is 2.21. The van der Waals surface area contributed by atoms with Crippen molar-refractivity contribution in [1.29, 1.82) is 0 Å². The molecule has 78 valence electrons. The van der Waals surface area contributed by atoms with E-state index < -0.39 is 0 Å². The van der Waals surface area contributed by atoms with Crippen molar-refractivity contribution in [2.45, 2.75) is 5.75 Å². The highest BCUT2D eigenvalue weighted by molar-refractivity contribution is 7.98. The van der Waals surface area contributed by atoms with Gasteiger partial charge in [-0.2, -0.15) is 11.8 Å². The number of nitrogen functional groups attached to an aromatic ring is 1. The van der Waals surface area contributed by atoms with E-state index in [1.54, 1.807) is 24.9 Å². The quantitative estimate of drug-likeness (QED) is 0.575. The molecule has 0 radical (unpaired) electrons. The van der Waals surface area contributed by atoms with Crippen LogP contribution in [0, 0.1) is 0 Å². The average molecular weight is 213 g/mol. The minimum absolute atomic E-state index is 0.212. The fourth-order valence-electron chi connectivity index (χ4n) is 1.14. The van der Waals surface area contributed by atoms with E-state index in [0.717, 1.165) is 22.8 Å². The number of ether oxygens (including phenoxy) is 1. The Morgan fingerprint density at radius 1 is 1.43 bits per heavy atom. The minimum Gasteiger partial charge on any atom is -0.497 e. The third-order valence-electron chi connectivity index (χ3n) is 1.73. The number of anilines is 1. The molecule has 0 aliphatic carbocycles. The lowest BCUT2D eigenvalue weighted by atomic mass is 10.2. The molecular formula is C10H15NO2S. The van der Waals surface area contributed by atoms with E-state index in [1.807, 2.05) is 12.1 Å². The van der Waals surface area contributed by atoms with E-state index in [4.69, 9.17) is 15.6 Å². The Kier molecular flexibility index (Phi) is 4.62. The third kappa shape index (κ3) is 3.47. The van der Waals surface area contributed by atoms with Gasteiger partial charge in [-0.3, -0.25) is 0 Å². The lowest BCUT2D eigenvalue weighted by molar-refractivity contribution is 0.322. The van der Waals surface area contributed by atoms with Gasteiger partial charge in [-0.15, -0.1) is 0 Å². The number of hydrogen-bond donors (Lipinski definition) is 2. The summed E-state index contributed by atoms with van der Waals surface area (Å²) in [6.07, 6.45) is 0. The third-order valence-corrected chi connectivity index (χ3v) is 2.74. The summed E-state index contributed by atoms with van der Waals surface area (Å²) >= 11 is 1.67. The average Bonchev–Trinajstić information content (AvgIpc) is 2.17. The topological polar surface area (TPSA) is 55.5 Å². The lowest BCUT2D eigenvalue weighted by Gasteiger charge is -2.05. The van der Waals surface area contributed by atoms with Gasteiger partial charge >= 0.3 is 0 Å². The second-order valence-corrected chi connectivity index (χ2v) is 4.00. The largest absolute Gasteiger partial charge is 0.497 e. The zero-order valence-corrected chi connectivity index (χ0v) is 9.01. The van der Waals surface area contributed by atoms with Crippen molar-refractivity contribution >= 4 is 17.4 Å². The van der Waals surface area contributed by atoms with Crippen LogP contribution < -0.4 is 10.5 Å². The molecule has 0 saturated heterocycles. The molecule has 1 rings (SSSR count). The Morgan fingerprint density at radius 3 is 2.86 bits per heavy atom. The van der Waals surface area contributed by atoms with Crippen molar-refractivity contribution in [3.8, 4) is 5.75 Å². The van der Waals surface area contributed by atoms with Crippen LogP contribution in [0.4, 0.5) is 5.69 Å². The molecule has 0 amide bonds. The van der Waals surface area contributed by atoms with Crippen LogP contribution in [0.25, 0.3) is 0 Å². The number of nitrogens with two attached hydrogens (primary N) is 1. The summed E-state index contributed by atoms with van der Waals surface area (Å²) in [4.78, 5) is 0. The molecule has 0 saturated carbocycles. The molecule has 0 aliphatic rings. The Bertz CT molecular complexity index is 291. The molecule has 0 aromatic heterocycles. The fraction of sp³-hybridized carbons (Fsp3) is 0.400. The van der Waals surface area contributed by atoms with Crippen molar-refractivity contribution in [1.82, 2.24) is 0 Å². The summed E-state index contributed by atoms with van der Waals surface area (Å²) in [6, 6.07) is 5.67. The summed E-state index contributed by atoms with van der Waals surface area (Å²) in [5.41, 5.74) is 7.54. The van der Waals surface area contributed by atoms with Gasteiger partial charge < -0.3 is 15.6 Å². The van der Waals surface area contributed by atoms with Gasteiger partial charge in [0.2, 0.25) is 0 Å². The van der Waals surface area contributed by atoms with Crippen LogP contribution in [-0.4, -0.2) is 24.6 Å². The van der Waals surface area contributed by atoms with Crippen LogP contribution in [0.3, 0.4) is 0 Å². The van der Waals surface area contributed by atoms with Gasteiger partial charge in [0.1, 0.15) is 5.75 Å². The summed E-state index contributed by atoms with van der Waals surface area (Å²) in [6.45, 7) is 0.212. The zero-order chi connectivity index (χ0) is 10.4. The summed E-state index contributed by atoms with van der Waals surface area (Å²) < 4.78 is 5.10. The maximum absolute atomic E-state index is 8.63. The first-order valence-electron chi connectivity index (χ1n) is 4.38. The molecular weight excluding hydrogens is 198 g/mol. The van der Waals surface area contributed by atoms with E-state index in [-0.39, 0.29) is 6.61 Å². The zero-order valence-electron chi connectivity index (χ0n) is 8.19. The Hall–Kier alpha value is -0.870. The van der Waals surface area contributed by atoms with Gasteiger partial charge in [-0.1, -0.05) is 0 Å². The number of benzene rings is 1. The van der Waals surface area contributed by atoms with Gasteiger partial charge in [0, 0.05) is 23.3 Å². The normalized spacial score (nSPS) is 10.1. The van der Waals surface area contributed by atoms with Crippen molar-refractivity contribution < 1.29 is 9.84 Å². The van der Waals surface area contributed by atoms with E-state index in [1.165, 1.54) is 0 Å². The summed E-state index contributed by atoms with van der Waals surface area (Å²) in [5, 5.41) is 8.63. The molecule has 3 nitrogen and oxygen atoms in total. The molecule has 0 bridgehead atoms. The standard InChI is InChI=1S/C10H15NO2S/c1-13-10-5-8(4-9(11)6-10)7-14-3-2-12/h4-6,12H,2-3,7,11H2,1H3. The SMILES string of the molecule is COc1cc(N)cc(CSCCO)c1. The first-order valence-corrected chi connectivity index (χ1v) is 5.53. The summed E-state index contributed by atoms with van der Waals surface area (Å²) in [5.74, 6) is 2.38. The highest BCUT2D eigenvalue weighted by Gasteiger charge is 1.99.